The number of hydrogen-bond donors (Lipinski definition) is 2. The molecule has 2 N–H and O–H groups in total. The second-order valence-corrected chi connectivity index (χ2v) is 60.8. The molecule has 8 aromatic carbocycles. The first-order chi connectivity index (χ1) is 54.9. The van der Waals surface area contributed by atoms with Crippen LogP contribution in [0.2, 0.25) is 46.7 Å². The number of aromatic nitrogens is 6. The topological polar surface area (TPSA) is 145 Å². The van der Waals surface area contributed by atoms with Gasteiger partial charge in [0.05, 0.1) is 10.9 Å². The Balaban J connectivity index is 0.000000160. The number of thiophene rings is 2. The van der Waals surface area contributed by atoms with Gasteiger partial charge in [-0.25, -0.2) is 18.2 Å². The zero-order valence-electron chi connectivity index (χ0n) is 65.1. The van der Waals surface area contributed by atoms with Gasteiger partial charge in [0.2, 0.25) is 0 Å². The second-order valence-electron chi connectivity index (χ2n) is 28.4. The maximum atomic E-state index is 14.0. The van der Waals surface area contributed by atoms with Gasteiger partial charge in [0.1, 0.15) is 29.0 Å². The summed E-state index contributed by atoms with van der Waals surface area (Å²) in [6.07, 6.45) is 19.6. The summed E-state index contributed by atoms with van der Waals surface area (Å²) < 4.78 is 132. The van der Waals surface area contributed by atoms with Gasteiger partial charge in [0, 0.05) is 90.9 Å². The number of benzene rings is 8. The molecule has 28 heteroatoms. The number of hydrogen-bond acceptors (Lipinski definition) is 9. The summed E-state index contributed by atoms with van der Waals surface area (Å²) in [6.45, 7) is 13.7. The maximum absolute atomic E-state index is 14.0. The molecule has 0 bridgehead atoms. The number of nitrogens with one attached hydrogen (secondary N) is 2. The Morgan fingerprint density at radius 1 is 0.470 bits per heavy atom. The predicted octanol–water partition coefficient (Wildman–Crippen LogP) is 27.5. The van der Waals surface area contributed by atoms with Crippen molar-refractivity contribution in [3.05, 3.63) is 249 Å². The largest absolute Gasteiger partial charge is 0.534 e. The predicted molar refractivity (Wildman–Crippen MR) is 482 cm³/mol. The van der Waals surface area contributed by atoms with Crippen molar-refractivity contribution in [2.45, 2.75) is 151 Å². The molecular weight excluding hydrogens is 1940 g/mol. The van der Waals surface area contributed by atoms with Crippen LogP contribution in [0.5, 0.6) is 5.75 Å². The first-order valence-electron chi connectivity index (χ1n) is 38.3. The van der Waals surface area contributed by atoms with E-state index in [0.717, 1.165) is 67.3 Å². The molecule has 0 atom stereocenters. The second kappa shape index (κ2) is 43.1. The number of fused-ring (bicyclic) bond motifs is 6. The average molecular weight is 2040 g/mol. The molecule has 0 saturated heterocycles. The minimum atomic E-state index is -5.63. The Morgan fingerprint density at radius 2 is 0.904 bits per heavy atom. The van der Waals surface area contributed by atoms with Crippen LogP contribution in [0.3, 0.4) is 0 Å². The van der Waals surface area contributed by atoms with Gasteiger partial charge in [-0.3, -0.25) is 4.79 Å². The van der Waals surface area contributed by atoms with Gasteiger partial charge in [0.15, 0.2) is 0 Å². The average Bonchev–Trinajstić information content (AvgIpc) is 1.65. The van der Waals surface area contributed by atoms with Crippen molar-refractivity contribution in [2.75, 3.05) is 0 Å². The molecule has 0 aliphatic rings. The molecule has 0 unspecified atom stereocenters. The molecule has 14 aromatic rings. The summed E-state index contributed by atoms with van der Waals surface area (Å²) in [6, 6.07) is 42.4. The Morgan fingerprint density at radius 3 is 1.43 bits per heavy atom. The smallest absolute Gasteiger partial charge is 0.376 e. The first-order valence-corrected chi connectivity index (χ1v) is 59.0. The van der Waals surface area contributed by atoms with Gasteiger partial charge in [-0.15, -0.1) is 22.7 Å². The number of rotatable bonds is 24. The van der Waals surface area contributed by atoms with Crippen molar-refractivity contribution < 1.29 is 43.3 Å². The molecule has 0 radical (unpaired) electrons. The molecule has 0 amide bonds. The Labute approximate surface area is 716 Å². The molecule has 0 aliphatic heterocycles. The molecule has 0 aliphatic carbocycles. The molecule has 6 heterocycles. The molecule has 11 nitrogen and oxygen atoms in total. The number of H-pyrrole nitrogens is 2. The molecule has 0 fully saturated rings. The van der Waals surface area contributed by atoms with E-state index in [1.807, 2.05) is 77.1 Å². The summed E-state index contributed by atoms with van der Waals surface area (Å²) in [5, 5.41) is 10.6. The molecule has 0 spiro atoms. The van der Waals surface area contributed by atoms with Crippen LogP contribution in [-0.4, -0.2) is 79.8 Å². The van der Waals surface area contributed by atoms with E-state index in [1.54, 1.807) is 75.6 Å². The molecule has 115 heavy (non-hydrogen) atoms. The van der Waals surface area contributed by atoms with Crippen LogP contribution in [0, 0.1) is 26.8 Å². The summed E-state index contributed by atoms with van der Waals surface area (Å²) >= 11 is 23.5. The van der Waals surface area contributed by atoms with Crippen LogP contribution < -0.4 is 22.7 Å². The van der Waals surface area contributed by atoms with E-state index in [0.29, 0.717) is 42.7 Å². The molecule has 14 rings (SSSR count). The Bertz CT molecular complexity index is 5840. The van der Waals surface area contributed by atoms with E-state index in [4.69, 9.17) is 51.4 Å². The Hall–Kier alpha value is -6.21. The number of aryl methyl sites for hydroxylation is 2. The third-order valence-electron chi connectivity index (χ3n) is 20.1. The molecule has 0 saturated carbocycles. The van der Waals surface area contributed by atoms with E-state index < -0.39 is 58.1 Å². The van der Waals surface area contributed by atoms with Crippen LogP contribution in [0.25, 0.3) is 86.3 Å². The van der Waals surface area contributed by atoms with E-state index in [1.165, 1.54) is 162 Å². The first kappa shape index (κ1) is 92.7. The van der Waals surface area contributed by atoms with Crippen LogP contribution in [0.1, 0.15) is 119 Å². The number of unbranched alkanes of at least 4 members (excludes halogenated alkanes) is 6. The quantitative estimate of drug-likeness (QED) is 0.0201. The third-order valence-corrected chi connectivity index (χ3v) is 55.6. The molecule has 610 valence electrons. The van der Waals surface area contributed by atoms with Gasteiger partial charge in [-0.2, -0.15) is 21.6 Å². The van der Waals surface area contributed by atoms with Crippen LogP contribution in [0.15, 0.2) is 190 Å². The van der Waals surface area contributed by atoms with E-state index >= 15 is 0 Å². The van der Waals surface area contributed by atoms with E-state index in [9.17, 15) is 48.7 Å². The van der Waals surface area contributed by atoms with Crippen molar-refractivity contribution in [3.8, 4) is 28.3 Å². The van der Waals surface area contributed by atoms with Gasteiger partial charge in [-0.1, -0.05) is 53.0 Å². The monoisotopic (exact) mass is 2040 g/mol. The standard InChI is InChI=1S/C16H8ClFN2OS.C15H11ClFN.C9H7FN.C8H4ClN2O.C8H4FIS.C7H4ClF3O3S.6C4H9.2Sn/c17-8-1-3-13-11(5-8)16(21)20-15(19-13)12-7-22-14-4-2-9(18)6-10(12)14;1-18-9-14(10-3-2-4-11(16)7-10)13-8-12(17)5-6-15(13)18;1-11-5-4-7-6-8(10)2-3-9(7)11;9-5-1-2-7-6(3-5)8(12)11-4-10-7;9-5-1-2-8-6(3-5)7(10)4-11-8;8-5-2-1-3-6(4-5)14-15(12,13)7(9,10)11;6*1-3-4-2;;/h1-7H,(H,19,20,21);2-9H,1H3;2-3,5-6H,1H3;1-3H,(H,10,11,12);1-4H;1-4H;6*1,3-4H2,2H3;;. The van der Waals surface area contributed by atoms with Gasteiger partial charge < -0.3 is 13.7 Å². The van der Waals surface area contributed by atoms with Gasteiger partial charge in [-0.05, 0) is 125 Å². The van der Waals surface area contributed by atoms with Crippen molar-refractivity contribution in [1.29, 1.82) is 0 Å². The minimum Gasteiger partial charge on any atom is -0.376 e. The summed E-state index contributed by atoms with van der Waals surface area (Å²) in [4.78, 5) is 40.3. The third kappa shape index (κ3) is 24.5. The summed E-state index contributed by atoms with van der Waals surface area (Å²) in [5.41, 5.74) is 0.541. The zero-order valence-corrected chi connectivity index (χ0v) is 78.5. The van der Waals surface area contributed by atoms with Crippen molar-refractivity contribution in [2.24, 2.45) is 14.1 Å². The van der Waals surface area contributed by atoms with Gasteiger partial charge in [0.25, 0.3) is 5.56 Å². The molecular formula is C87H92Cl4F7IN6O5S3Sn2. The fourth-order valence-corrected chi connectivity index (χ4v) is 49.9. The van der Waals surface area contributed by atoms with E-state index in [2.05, 4.69) is 101 Å². The van der Waals surface area contributed by atoms with Gasteiger partial charge >= 0.3 is 328 Å². The Kier molecular flexibility index (Phi) is 34.8. The van der Waals surface area contributed by atoms with Crippen molar-refractivity contribution in [1.82, 2.24) is 29.1 Å². The fourth-order valence-electron chi connectivity index (χ4n) is 14.1. The summed E-state index contributed by atoms with van der Waals surface area (Å²) in [5.74, 6) is -0.846. The normalized spacial score (nSPS) is 11.7. The fraction of sp³-hybridized carbons (Fsp3) is 0.310. The number of halogens is 12. The SMILES string of the molecule is CCC[CH2][Sn]([CH2]CCC)([CH2]CCC)[c]1cn(C)c2ccc(F)cc12.CCC[CH2][Sn]([CH2]CCC)([CH2]CCC)[c]1nc2ccc(Cl)cc2c(=O)[nH]1.Cn1cc(-c2cccc(Cl)c2)c2cc(F)ccc21.Fc1ccc2scc(I)c2c1.O=S(=O)(Oc1cccc(Cl)c1)C(F)(F)F.O=c1[nH]c(-c2csc3ccc(F)cc23)nc2ccc(Cl)cc12. The molecule has 6 aromatic heterocycles. The van der Waals surface area contributed by atoms with E-state index in [-0.39, 0.29) is 39.4 Å². The maximum Gasteiger partial charge on any atom is 0.534 e. The van der Waals surface area contributed by atoms with Crippen LogP contribution >= 0.6 is 91.7 Å². The number of nitrogens with zero attached hydrogens (tertiary/aromatic N) is 4. The van der Waals surface area contributed by atoms with Crippen molar-refractivity contribution in [3.63, 3.8) is 0 Å². The minimum absolute atomic E-state index is 0.0203. The zero-order chi connectivity index (χ0) is 83.4. The number of alkyl halides is 3. The number of aromatic amines is 2. The van der Waals surface area contributed by atoms with Crippen LogP contribution in [-0.2, 0) is 24.2 Å². The van der Waals surface area contributed by atoms with Crippen molar-refractivity contribution >= 4 is 210 Å². The summed E-state index contributed by atoms with van der Waals surface area (Å²) in [7, 11) is -1.55. The van der Waals surface area contributed by atoms with Crippen LogP contribution in [0.4, 0.5) is 30.7 Å².